The number of ketones is 1. The Kier molecular flexibility index (Phi) is 5.05. The number of thiazole rings is 1. The predicted molar refractivity (Wildman–Crippen MR) is 114 cm³/mol. The molecular weight excluding hydrogens is 384 g/mol. The van der Waals surface area contributed by atoms with Crippen LogP contribution in [0, 0.1) is 13.8 Å². The topological polar surface area (TPSA) is 76.9 Å². The number of rotatable bonds is 5. The molecule has 0 fully saturated rings. The fourth-order valence-corrected chi connectivity index (χ4v) is 3.85. The van der Waals surface area contributed by atoms with Crippen LogP contribution in [0.25, 0.3) is 16.9 Å². The number of anilines is 1. The first-order valence-corrected chi connectivity index (χ1v) is 9.91. The minimum Gasteiger partial charge on any atom is -0.295 e. The Morgan fingerprint density at radius 2 is 1.62 bits per heavy atom. The first-order valence-electron chi connectivity index (χ1n) is 9.03. The molecule has 2 aromatic carbocycles. The van der Waals surface area contributed by atoms with E-state index in [-0.39, 0.29) is 0 Å². The number of para-hydroxylation sites is 1. The third-order valence-electron chi connectivity index (χ3n) is 4.52. The number of aromatic nitrogens is 3. The lowest BCUT2D eigenvalue weighted by Crippen LogP contribution is -2.24. The Balaban J connectivity index is 1.56. The number of carbonyl (C=O) groups excluding carboxylic acids is 2. The average molecular weight is 402 g/mol. The molecule has 0 bridgehead atoms. The van der Waals surface area contributed by atoms with Crippen LogP contribution in [0.5, 0.6) is 0 Å². The molecule has 0 aliphatic rings. The number of nitrogens with one attached hydrogen (secondary N) is 1. The van der Waals surface area contributed by atoms with Crippen molar-refractivity contribution in [3.63, 3.8) is 0 Å². The molecule has 4 rings (SSSR count). The molecule has 2 aromatic heterocycles. The maximum atomic E-state index is 12.8. The quantitative estimate of drug-likeness (QED) is 0.396. The summed E-state index contributed by atoms with van der Waals surface area (Å²) in [5.41, 5.74) is 3.98. The van der Waals surface area contributed by atoms with Gasteiger partial charge in [0.2, 0.25) is 0 Å². The second-order valence-corrected chi connectivity index (χ2v) is 7.34. The van der Waals surface area contributed by atoms with E-state index in [1.54, 1.807) is 18.5 Å². The van der Waals surface area contributed by atoms with Crippen LogP contribution in [0.4, 0.5) is 5.13 Å². The summed E-state index contributed by atoms with van der Waals surface area (Å²) in [5.74, 6) is -1.35. The monoisotopic (exact) mass is 402 g/mol. The molecule has 0 saturated carbocycles. The van der Waals surface area contributed by atoms with Crippen LogP contribution in [-0.2, 0) is 4.79 Å². The molecule has 29 heavy (non-hydrogen) atoms. The molecular formula is C22H18N4O2S. The molecule has 2 heterocycles. The van der Waals surface area contributed by atoms with Gasteiger partial charge in [-0.15, -0.1) is 11.3 Å². The van der Waals surface area contributed by atoms with E-state index in [0.717, 1.165) is 16.9 Å². The standard InChI is InChI=1S/C22H18N4O2S/c1-14-19(15(2)26(25-14)17-11-7-4-8-12-17)20(27)21(28)24-22-23-18(13-29-22)16-9-5-3-6-10-16/h3-13H,1-2H3,(H,23,24,28). The lowest BCUT2D eigenvalue weighted by atomic mass is 10.1. The van der Waals surface area contributed by atoms with Crippen LogP contribution in [0.15, 0.2) is 66.0 Å². The van der Waals surface area contributed by atoms with E-state index >= 15 is 0 Å². The third-order valence-corrected chi connectivity index (χ3v) is 5.28. The fraction of sp³-hybridized carbons (Fsp3) is 0.0909. The minimum atomic E-state index is -0.724. The van der Waals surface area contributed by atoms with Gasteiger partial charge in [-0.3, -0.25) is 14.9 Å². The highest BCUT2D eigenvalue weighted by atomic mass is 32.1. The minimum absolute atomic E-state index is 0.311. The third kappa shape index (κ3) is 3.72. The molecule has 4 aromatic rings. The van der Waals surface area contributed by atoms with Gasteiger partial charge in [-0.25, -0.2) is 9.67 Å². The normalized spacial score (nSPS) is 10.7. The number of Topliss-reactive ketones (excluding diaryl/α,β-unsaturated/α-hetero) is 1. The number of carbonyl (C=O) groups is 2. The molecule has 0 aliphatic carbocycles. The van der Waals surface area contributed by atoms with Gasteiger partial charge >= 0.3 is 0 Å². The maximum absolute atomic E-state index is 12.8. The highest BCUT2D eigenvalue weighted by molar-refractivity contribution is 7.14. The summed E-state index contributed by atoms with van der Waals surface area (Å²) >= 11 is 1.28. The molecule has 0 radical (unpaired) electrons. The zero-order chi connectivity index (χ0) is 20.4. The zero-order valence-corrected chi connectivity index (χ0v) is 16.7. The summed E-state index contributed by atoms with van der Waals surface area (Å²) in [6.07, 6.45) is 0. The number of aryl methyl sites for hydroxylation is 1. The van der Waals surface area contributed by atoms with E-state index in [2.05, 4.69) is 15.4 Å². The Labute approximate surface area is 171 Å². The molecule has 0 aliphatic heterocycles. The van der Waals surface area contributed by atoms with Gasteiger partial charge in [0.25, 0.3) is 11.7 Å². The SMILES string of the molecule is Cc1nn(-c2ccccc2)c(C)c1C(=O)C(=O)Nc1nc(-c2ccccc2)cs1. The van der Waals surface area contributed by atoms with Crippen molar-refractivity contribution in [3.05, 3.63) is 83.0 Å². The van der Waals surface area contributed by atoms with Crippen LogP contribution in [0.2, 0.25) is 0 Å². The van der Waals surface area contributed by atoms with Gasteiger partial charge in [0.1, 0.15) is 0 Å². The summed E-state index contributed by atoms with van der Waals surface area (Å²) in [4.78, 5) is 29.8. The van der Waals surface area contributed by atoms with Gasteiger partial charge < -0.3 is 0 Å². The molecule has 0 spiro atoms. The Bertz CT molecular complexity index is 1180. The van der Waals surface area contributed by atoms with Crippen molar-refractivity contribution in [3.8, 4) is 16.9 Å². The summed E-state index contributed by atoms with van der Waals surface area (Å²) in [6, 6.07) is 19.2. The van der Waals surface area contributed by atoms with Crippen molar-refractivity contribution >= 4 is 28.2 Å². The Morgan fingerprint density at radius 1 is 0.966 bits per heavy atom. The molecule has 1 N–H and O–H groups in total. The summed E-state index contributed by atoms with van der Waals surface area (Å²) in [7, 11) is 0. The van der Waals surface area contributed by atoms with E-state index in [0.29, 0.717) is 22.1 Å². The summed E-state index contributed by atoms with van der Waals surface area (Å²) in [5, 5.41) is 9.28. The number of amides is 1. The first kappa shape index (κ1) is 18.8. The second-order valence-electron chi connectivity index (χ2n) is 6.48. The van der Waals surface area contributed by atoms with Crippen LogP contribution in [0.3, 0.4) is 0 Å². The van der Waals surface area contributed by atoms with E-state index in [4.69, 9.17) is 0 Å². The van der Waals surface area contributed by atoms with E-state index in [1.807, 2.05) is 66.0 Å². The van der Waals surface area contributed by atoms with Gasteiger partial charge in [-0.1, -0.05) is 48.5 Å². The maximum Gasteiger partial charge on any atom is 0.298 e. The Hall–Kier alpha value is -3.58. The second kappa shape index (κ2) is 7.81. The lowest BCUT2D eigenvalue weighted by molar-refractivity contribution is -0.112. The summed E-state index contributed by atoms with van der Waals surface area (Å²) < 4.78 is 1.67. The van der Waals surface area contributed by atoms with Gasteiger partial charge in [-0.2, -0.15) is 5.10 Å². The number of hydrogen-bond donors (Lipinski definition) is 1. The number of hydrogen-bond acceptors (Lipinski definition) is 5. The van der Waals surface area contributed by atoms with Crippen LogP contribution < -0.4 is 5.32 Å². The lowest BCUT2D eigenvalue weighted by Gasteiger charge is -2.05. The smallest absolute Gasteiger partial charge is 0.295 e. The van der Waals surface area contributed by atoms with E-state index < -0.39 is 11.7 Å². The van der Waals surface area contributed by atoms with E-state index in [1.165, 1.54) is 11.3 Å². The highest BCUT2D eigenvalue weighted by Gasteiger charge is 2.25. The first-order chi connectivity index (χ1) is 14.0. The highest BCUT2D eigenvalue weighted by Crippen LogP contribution is 2.25. The summed E-state index contributed by atoms with van der Waals surface area (Å²) in [6.45, 7) is 3.51. The van der Waals surface area contributed by atoms with Crippen LogP contribution in [0.1, 0.15) is 21.7 Å². The van der Waals surface area contributed by atoms with Gasteiger partial charge in [0.15, 0.2) is 5.13 Å². The number of nitrogens with zero attached hydrogens (tertiary/aromatic N) is 3. The Morgan fingerprint density at radius 3 is 2.31 bits per heavy atom. The van der Waals surface area contributed by atoms with Crippen molar-refractivity contribution in [2.75, 3.05) is 5.32 Å². The van der Waals surface area contributed by atoms with Crippen molar-refractivity contribution < 1.29 is 9.59 Å². The van der Waals surface area contributed by atoms with Gasteiger partial charge in [0.05, 0.1) is 28.3 Å². The van der Waals surface area contributed by atoms with Crippen LogP contribution in [-0.4, -0.2) is 26.5 Å². The average Bonchev–Trinajstić information content (AvgIpc) is 3.33. The fourth-order valence-electron chi connectivity index (χ4n) is 3.13. The zero-order valence-electron chi connectivity index (χ0n) is 15.9. The molecule has 1 amide bonds. The molecule has 6 nitrogen and oxygen atoms in total. The molecule has 0 saturated heterocycles. The van der Waals surface area contributed by atoms with Crippen molar-refractivity contribution in [2.45, 2.75) is 13.8 Å². The van der Waals surface area contributed by atoms with Gasteiger partial charge in [-0.05, 0) is 26.0 Å². The van der Waals surface area contributed by atoms with E-state index in [9.17, 15) is 9.59 Å². The van der Waals surface area contributed by atoms with Crippen molar-refractivity contribution in [2.24, 2.45) is 0 Å². The molecule has 144 valence electrons. The molecule has 7 heteroatoms. The van der Waals surface area contributed by atoms with Crippen LogP contribution >= 0.6 is 11.3 Å². The predicted octanol–water partition coefficient (Wildman–Crippen LogP) is 4.43. The molecule has 0 unspecified atom stereocenters. The van der Waals surface area contributed by atoms with Gasteiger partial charge in [0, 0.05) is 10.9 Å². The van der Waals surface area contributed by atoms with Crippen molar-refractivity contribution in [1.82, 2.24) is 14.8 Å². The largest absolute Gasteiger partial charge is 0.298 e. The molecule has 0 atom stereocenters. The number of benzene rings is 2. The van der Waals surface area contributed by atoms with Crippen molar-refractivity contribution in [1.29, 1.82) is 0 Å².